The topological polar surface area (TPSA) is 120 Å². The Hall–Kier alpha value is -2.22. The summed E-state index contributed by atoms with van der Waals surface area (Å²) in [6.07, 6.45) is 3.11. The molecule has 1 aliphatic rings. The first-order chi connectivity index (χ1) is 9.85. The van der Waals surface area contributed by atoms with Gasteiger partial charge in [0.1, 0.15) is 6.54 Å². The van der Waals surface area contributed by atoms with Gasteiger partial charge in [-0.15, -0.1) is 0 Å². The fraction of sp³-hybridized carbons (Fsp3) is 0.538. The summed E-state index contributed by atoms with van der Waals surface area (Å²) < 4.78 is 1.03. The predicted molar refractivity (Wildman–Crippen MR) is 75.7 cm³/mol. The molecule has 8 heteroatoms. The van der Waals surface area contributed by atoms with Crippen LogP contribution in [0.4, 0.5) is 5.69 Å². The van der Waals surface area contributed by atoms with E-state index in [2.05, 4.69) is 5.32 Å². The molecule has 0 bridgehead atoms. The third kappa shape index (κ3) is 3.46. The molecule has 1 unspecified atom stereocenters. The molecule has 0 aromatic carbocycles. The van der Waals surface area contributed by atoms with Crippen LogP contribution in [0.15, 0.2) is 23.1 Å². The van der Waals surface area contributed by atoms with E-state index in [1.165, 1.54) is 0 Å². The summed E-state index contributed by atoms with van der Waals surface area (Å²) in [6, 6.07) is 2.19. The van der Waals surface area contributed by atoms with Gasteiger partial charge < -0.3 is 11.1 Å². The number of hydrogen-bond donors (Lipinski definition) is 2. The molecular weight excluding hydrogens is 276 g/mol. The van der Waals surface area contributed by atoms with Crippen LogP contribution in [0.3, 0.4) is 0 Å². The highest BCUT2D eigenvalue weighted by Gasteiger charge is 2.41. The van der Waals surface area contributed by atoms with Crippen LogP contribution in [0, 0.1) is 16.0 Å². The standard InChI is InChI=1S/C13H18N4O4/c1-13(8-14,9-2-3-9)15-11(18)7-16-6-10(17(20)21)4-5-12(16)19/h4-6,9H,2-3,7-8,14H2,1H3,(H,15,18). The Bertz CT molecular complexity index is 623. The second-order valence-corrected chi connectivity index (χ2v) is 5.55. The van der Waals surface area contributed by atoms with E-state index in [0.717, 1.165) is 35.7 Å². The van der Waals surface area contributed by atoms with Gasteiger partial charge in [-0.3, -0.25) is 24.3 Å². The second kappa shape index (κ2) is 5.65. The number of pyridine rings is 1. The summed E-state index contributed by atoms with van der Waals surface area (Å²) >= 11 is 0. The summed E-state index contributed by atoms with van der Waals surface area (Å²) in [5, 5.41) is 13.5. The summed E-state index contributed by atoms with van der Waals surface area (Å²) in [5.41, 5.74) is 4.53. The second-order valence-electron chi connectivity index (χ2n) is 5.55. The van der Waals surface area contributed by atoms with E-state index in [4.69, 9.17) is 5.73 Å². The fourth-order valence-corrected chi connectivity index (χ4v) is 2.30. The Morgan fingerprint density at radius 1 is 1.57 bits per heavy atom. The van der Waals surface area contributed by atoms with Gasteiger partial charge in [0.2, 0.25) is 5.91 Å². The Kier molecular flexibility index (Phi) is 4.08. The lowest BCUT2D eigenvalue weighted by atomic mass is 9.96. The Balaban J connectivity index is 2.10. The van der Waals surface area contributed by atoms with Gasteiger partial charge in [0.25, 0.3) is 11.2 Å². The number of aromatic nitrogens is 1. The number of rotatable bonds is 6. The molecule has 0 radical (unpaired) electrons. The van der Waals surface area contributed by atoms with E-state index in [-0.39, 0.29) is 18.1 Å². The van der Waals surface area contributed by atoms with Crippen molar-refractivity contribution in [2.45, 2.75) is 31.8 Å². The maximum absolute atomic E-state index is 12.1. The van der Waals surface area contributed by atoms with Crippen molar-refractivity contribution in [3.8, 4) is 0 Å². The largest absolute Gasteiger partial charge is 0.348 e. The van der Waals surface area contributed by atoms with Crippen molar-refractivity contribution < 1.29 is 9.72 Å². The van der Waals surface area contributed by atoms with Crippen molar-refractivity contribution in [3.05, 3.63) is 38.8 Å². The Morgan fingerprint density at radius 3 is 2.76 bits per heavy atom. The summed E-state index contributed by atoms with van der Waals surface area (Å²) in [5.74, 6) is -0.0225. The lowest BCUT2D eigenvalue weighted by Gasteiger charge is -2.29. The molecule has 1 atom stereocenters. The lowest BCUT2D eigenvalue weighted by Crippen LogP contribution is -2.54. The van der Waals surface area contributed by atoms with Gasteiger partial charge in [-0.2, -0.15) is 0 Å². The molecule has 0 saturated heterocycles. The lowest BCUT2D eigenvalue weighted by molar-refractivity contribution is -0.385. The highest BCUT2D eigenvalue weighted by Crippen LogP contribution is 2.38. The maximum atomic E-state index is 12.1. The maximum Gasteiger partial charge on any atom is 0.285 e. The molecule has 3 N–H and O–H groups in total. The molecule has 1 aromatic rings. The van der Waals surface area contributed by atoms with Gasteiger partial charge >= 0.3 is 0 Å². The zero-order valence-electron chi connectivity index (χ0n) is 11.7. The van der Waals surface area contributed by atoms with Gasteiger partial charge in [-0.25, -0.2) is 0 Å². The molecular formula is C13H18N4O4. The van der Waals surface area contributed by atoms with Crippen LogP contribution < -0.4 is 16.6 Å². The average molecular weight is 294 g/mol. The average Bonchev–Trinajstić information content (AvgIpc) is 3.25. The number of carbonyl (C=O) groups is 1. The Labute approximate surface area is 121 Å². The number of nitrogens with two attached hydrogens (primary N) is 1. The SMILES string of the molecule is CC(CN)(NC(=O)Cn1cc([N+](=O)[O-])ccc1=O)C1CC1. The van der Waals surface area contributed by atoms with Gasteiger partial charge in [-0.1, -0.05) is 0 Å². The molecule has 2 rings (SSSR count). The molecule has 0 aliphatic heterocycles. The zero-order valence-corrected chi connectivity index (χ0v) is 11.7. The van der Waals surface area contributed by atoms with E-state index < -0.39 is 16.0 Å². The van der Waals surface area contributed by atoms with E-state index >= 15 is 0 Å². The highest BCUT2D eigenvalue weighted by molar-refractivity contribution is 5.76. The molecule has 1 amide bonds. The number of amides is 1. The zero-order chi connectivity index (χ0) is 15.6. The van der Waals surface area contributed by atoms with Crippen LogP contribution in [-0.4, -0.2) is 27.5 Å². The molecule has 0 spiro atoms. The van der Waals surface area contributed by atoms with Gasteiger partial charge in [0.15, 0.2) is 0 Å². The number of nitrogens with one attached hydrogen (secondary N) is 1. The first kappa shape index (κ1) is 15.2. The number of nitrogens with zero attached hydrogens (tertiary/aromatic N) is 2. The molecule has 1 saturated carbocycles. The fourth-order valence-electron chi connectivity index (χ4n) is 2.30. The molecule has 21 heavy (non-hydrogen) atoms. The first-order valence-electron chi connectivity index (χ1n) is 6.71. The Morgan fingerprint density at radius 2 is 2.24 bits per heavy atom. The molecule has 1 aliphatic carbocycles. The van der Waals surface area contributed by atoms with Crippen molar-refractivity contribution in [2.75, 3.05) is 6.54 Å². The van der Waals surface area contributed by atoms with Gasteiger partial charge in [0.05, 0.1) is 16.7 Å². The molecule has 1 aromatic heterocycles. The molecule has 1 heterocycles. The summed E-state index contributed by atoms with van der Waals surface area (Å²) in [6.45, 7) is 1.93. The smallest absolute Gasteiger partial charge is 0.285 e. The number of nitro groups is 1. The van der Waals surface area contributed by atoms with Crippen LogP contribution >= 0.6 is 0 Å². The third-order valence-electron chi connectivity index (χ3n) is 3.82. The van der Waals surface area contributed by atoms with Crippen LogP contribution in [-0.2, 0) is 11.3 Å². The van der Waals surface area contributed by atoms with E-state index in [0.29, 0.717) is 12.5 Å². The van der Waals surface area contributed by atoms with E-state index in [1.807, 2.05) is 6.92 Å². The van der Waals surface area contributed by atoms with Crippen molar-refractivity contribution in [1.29, 1.82) is 0 Å². The normalized spacial score (nSPS) is 17.0. The summed E-state index contributed by atoms with van der Waals surface area (Å²) in [4.78, 5) is 33.8. The van der Waals surface area contributed by atoms with Crippen molar-refractivity contribution >= 4 is 11.6 Å². The van der Waals surface area contributed by atoms with Crippen LogP contribution in [0.2, 0.25) is 0 Å². The van der Waals surface area contributed by atoms with E-state index in [9.17, 15) is 19.7 Å². The van der Waals surface area contributed by atoms with Crippen LogP contribution in [0.1, 0.15) is 19.8 Å². The van der Waals surface area contributed by atoms with Crippen LogP contribution in [0.5, 0.6) is 0 Å². The molecule has 8 nitrogen and oxygen atoms in total. The minimum Gasteiger partial charge on any atom is -0.348 e. The van der Waals surface area contributed by atoms with Crippen molar-refractivity contribution in [2.24, 2.45) is 11.7 Å². The molecule has 1 fully saturated rings. The predicted octanol–water partition coefficient (Wildman–Crippen LogP) is 0.000100. The summed E-state index contributed by atoms with van der Waals surface area (Å²) in [7, 11) is 0. The first-order valence-corrected chi connectivity index (χ1v) is 6.71. The van der Waals surface area contributed by atoms with E-state index in [1.54, 1.807) is 0 Å². The van der Waals surface area contributed by atoms with Gasteiger partial charge in [0, 0.05) is 18.7 Å². The molecule has 114 valence electrons. The highest BCUT2D eigenvalue weighted by atomic mass is 16.6. The number of carbonyl (C=O) groups excluding carboxylic acids is 1. The van der Waals surface area contributed by atoms with Crippen molar-refractivity contribution in [1.82, 2.24) is 9.88 Å². The van der Waals surface area contributed by atoms with Crippen molar-refractivity contribution in [3.63, 3.8) is 0 Å². The monoisotopic (exact) mass is 294 g/mol. The minimum atomic E-state index is -0.609. The quantitative estimate of drug-likeness (QED) is 0.565. The minimum absolute atomic E-state index is 0.230. The number of hydrogen-bond acceptors (Lipinski definition) is 5. The van der Waals surface area contributed by atoms with Crippen LogP contribution in [0.25, 0.3) is 0 Å². The third-order valence-corrected chi connectivity index (χ3v) is 3.82. The van der Waals surface area contributed by atoms with Gasteiger partial charge in [-0.05, 0) is 25.7 Å².